The van der Waals surface area contributed by atoms with Crippen LogP contribution in [0.3, 0.4) is 0 Å². The second kappa shape index (κ2) is 4.68. The first-order valence-corrected chi connectivity index (χ1v) is 7.24. The van der Waals surface area contributed by atoms with Crippen LogP contribution < -0.4 is 5.32 Å². The van der Waals surface area contributed by atoms with Crippen LogP contribution >= 0.6 is 11.3 Å². The zero-order chi connectivity index (χ0) is 14.3. The van der Waals surface area contributed by atoms with Crippen LogP contribution in [0.4, 0.5) is 5.82 Å². The number of hydrogen-bond acceptors (Lipinski definition) is 6. The number of aryl methyl sites for hydroxylation is 1. The number of aromatic nitrogens is 2. The van der Waals surface area contributed by atoms with Gasteiger partial charge in [-0.2, -0.15) is 0 Å². The van der Waals surface area contributed by atoms with E-state index in [1.54, 1.807) is 6.92 Å². The van der Waals surface area contributed by atoms with Crippen molar-refractivity contribution < 1.29 is 15.0 Å². The number of aliphatic hydroxyl groups excluding tert-OH is 1. The van der Waals surface area contributed by atoms with Crippen molar-refractivity contribution in [2.75, 3.05) is 11.9 Å². The molecule has 0 aliphatic heterocycles. The summed E-state index contributed by atoms with van der Waals surface area (Å²) in [5, 5.41) is 22.8. The summed E-state index contributed by atoms with van der Waals surface area (Å²) < 4.78 is 0. The average Bonchev–Trinajstić information content (AvgIpc) is 2.72. The number of nitrogens with zero attached hydrogens (tertiary/aromatic N) is 2. The molecule has 1 fully saturated rings. The van der Waals surface area contributed by atoms with E-state index in [1.165, 1.54) is 6.33 Å². The molecular weight excluding hydrogens is 278 g/mol. The Morgan fingerprint density at radius 1 is 1.50 bits per heavy atom. The van der Waals surface area contributed by atoms with Gasteiger partial charge in [-0.15, -0.1) is 11.3 Å². The standard InChI is InChI=1S/C13H15N3O3S/c1-7-8-10(16-13(5-17)3-2-4-13)14-6-15-11(8)20-9(7)12(18)19/h6,17H,2-5H2,1H3,(H,18,19)(H,14,15,16). The highest BCUT2D eigenvalue weighted by atomic mass is 32.1. The predicted octanol–water partition coefficient (Wildman–Crippen LogP) is 2.02. The summed E-state index contributed by atoms with van der Waals surface area (Å²) in [6, 6.07) is 0. The number of carbonyl (C=O) groups is 1. The Balaban J connectivity index is 2.09. The van der Waals surface area contributed by atoms with E-state index in [1.807, 2.05) is 0 Å². The van der Waals surface area contributed by atoms with E-state index >= 15 is 0 Å². The van der Waals surface area contributed by atoms with Gasteiger partial charge in [0.1, 0.15) is 21.9 Å². The Morgan fingerprint density at radius 2 is 2.25 bits per heavy atom. The lowest BCUT2D eigenvalue weighted by atomic mass is 9.77. The highest BCUT2D eigenvalue weighted by Gasteiger charge is 2.37. The van der Waals surface area contributed by atoms with Gasteiger partial charge in [0.15, 0.2) is 0 Å². The minimum absolute atomic E-state index is 0.0491. The fourth-order valence-electron chi connectivity index (χ4n) is 2.55. The summed E-state index contributed by atoms with van der Waals surface area (Å²) >= 11 is 1.15. The van der Waals surface area contributed by atoms with Gasteiger partial charge < -0.3 is 15.5 Å². The molecule has 3 N–H and O–H groups in total. The first kappa shape index (κ1) is 13.3. The van der Waals surface area contributed by atoms with E-state index in [-0.39, 0.29) is 17.0 Å². The molecule has 106 valence electrons. The lowest BCUT2D eigenvalue weighted by Gasteiger charge is -2.41. The quantitative estimate of drug-likeness (QED) is 0.798. The number of nitrogens with one attached hydrogen (secondary N) is 1. The zero-order valence-corrected chi connectivity index (χ0v) is 11.8. The van der Waals surface area contributed by atoms with Crippen molar-refractivity contribution in [3.8, 4) is 0 Å². The largest absolute Gasteiger partial charge is 0.477 e. The van der Waals surface area contributed by atoms with E-state index in [0.29, 0.717) is 16.2 Å². The first-order valence-electron chi connectivity index (χ1n) is 6.43. The molecule has 2 aromatic heterocycles. The smallest absolute Gasteiger partial charge is 0.346 e. The molecule has 1 aliphatic carbocycles. The van der Waals surface area contributed by atoms with Gasteiger partial charge in [0, 0.05) is 0 Å². The molecule has 2 heterocycles. The molecule has 3 rings (SSSR count). The van der Waals surface area contributed by atoms with Crippen molar-refractivity contribution in [2.24, 2.45) is 0 Å². The van der Waals surface area contributed by atoms with E-state index in [0.717, 1.165) is 36.0 Å². The minimum Gasteiger partial charge on any atom is -0.477 e. The Hall–Kier alpha value is -1.73. The van der Waals surface area contributed by atoms with Gasteiger partial charge in [0.05, 0.1) is 17.5 Å². The van der Waals surface area contributed by atoms with E-state index in [2.05, 4.69) is 15.3 Å². The van der Waals surface area contributed by atoms with Gasteiger partial charge in [-0.05, 0) is 31.7 Å². The SMILES string of the molecule is Cc1c(C(=O)O)sc2ncnc(NC3(CO)CCC3)c12. The number of thiophene rings is 1. The lowest BCUT2D eigenvalue weighted by Crippen LogP contribution is -2.48. The monoisotopic (exact) mass is 293 g/mol. The molecule has 6 nitrogen and oxygen atoms in total. The molecule has 0 radical (unpaired) electrons. The second-order valence-corrected chi connectivity index (χ2v) is 6.18. The van der Waals surface area contributed by atoms with Crippen LogP contribution in [0.1, 0.15) is 34.5 Å². The van der Waals surface area contributed by atoms with E-state index in [9.17, 15) is 15.0 Å². The summed E-state index contributed by atoms with van der Waals surface area (Å²) in [7, 11) is 0. The maximum atomic E-state index is 11.2. The molecule has 0 aromatic carbocycles. The van der Waals surface area contributed by atoms with Crippen molar-refractivity contribution in [2.45, 2.75) is 31.7 Å². The summed E-state index contributed by atoms with van der Waals surface area (Å²) in [5.41, 5.74) is 0.354. The van der Waals surface area contributed by atoms with Crippen molar-refractivity contribution >= 4 is 33.3 Å². The Labute approximate surface area is 119 Å². The molecular formula is C13H15N3O3S. The van der Waals surface area contributed by atoms with Crippen LogP contribution in [0.25, 0.3) is 10.2 Å². The molecule has 1 saturated carbocycles. The Morgan fingerprint density at radius 3 is 2.80 bits per heavy atom. The highest BCUT2D eigenvalue weighted by molar-refractivity contribution is 7.20. The summed E-state index contributed by atoms with van der Waals surface area (Å²) in [5.74, 6) is -0.332. The third-order valence-corrected chi connectivity index (χ3v) is 5.11. The number of aromatic carboxylic acids is 1. The van der Waals surface area contributed by atoms with Crippen LogP contribution in [0.2, 0.25) is 0 Å². The number of carboxylic acids is 1. The Bertz CT molecular complexity index is 673. The predicted molar refractivity (Wildman–Crippen MR) is 76.4 cm³/mol. The van der Waals surface area contributed by atoms with E-state index in [4.69, 9.17) is 0 Å². The maximum Gasteiger partial charge on any atom is 0.346 e. The number of fused-ring (bicyclic) bond motifs is 1. The fraction of sp³-hybridized carbons (Fsp3) is 0.462. The molecule has 0 atom stereocenters. The molecule has 2 aromatic rings. The molecule has 20 heavy (non-hydrogen) atoms. The molecule has 0 saturated heterocycles. The number of anilines is 1. The van der Waals surface area contributed by atoms with Gasteiger partial charge in [0.2, 0.25) is 0 Å². The fourth-order valence-corrected chi connectivity index (χ4v) is 3.54. The number of hydrogen-bond donors (Lipinski definition) is 3. The van der Waals surface area contributed by atoms with Gasteiger partial charge >= 0.3 is 5.97 Å². The zero-order valence-electron chi connectivity index (χ0n) is 11.0. The third kappa shape index (κ3) is 1.94. The van der Waals surface area contributed by atoms with Crippen LogP contribution in [-0.2, 0) is 0 Å². The topological polar surface area (TPSA) is 95.3 Å². The van der Waals surface area contributed by atoms with Crippen LogP contribution in [-0.4, -0.2) is 38.3 Å². The molecule has 0 amide bonds. The van der Waals surface area contributed by atoms with Crippen molar-refractivity contribution in [1.29, 1.82) is 0 Å². The van der Waals surface area contributed by atoms with Crippen LogP contribution in [0, 0.1) is 6.92 Å². The lowest BCUT2D eigenvalue weighted by molar-refractivity contribution is 0.0701. The minimum atomic E-state index is -0.947. The Kier molecular flexibility index (Phi) is 3.10. The molecule has 0 bridgehead atoms. The van der Waals surface area contributed by atoms with Crippen molar-refractivity contribution in [3.05, 3.63) is 16.8 Å². The summed E-state index contributed by atoms with van der Waals surface area (Å²) in [6.07, 6.45) is 4.29. The maximum absolute atomic E-state index is 11.2. The van der Waals surface area contributed by atoms with Crippen molar-refractivity contribution in [1.82, 2.24) is 9.97 Å². The molecule has 0 spiro atoms. The van der Waals surface area contributed by atoms with E-state index < -0.39 is 5.97 Å². The number of aliphatic hydroxyl groups is 1. The highest BCUT2D eigenvalue weighted by Crippen LogP contribution is 2.38. The van der Waals surface area contributed by atoms with Crippen LogP contribution in [0.15, 0.2) is 6.33 Å². The average molecular weight is 293 g/mol. The van der Waals surface area contributed by atoms with Crippen LogP contribution in [0.5, 0.6) is 0 Å². The molecule has 0 unspecified atom stereocenters. The van der Waals surface area contributed by atoms with Gasteiger partial charge in [-0.1, -0.05) is 0 Å². The van der Waals surface area contributed by atoms with Gasteiger partial charge in [-0.3, -0.25) is 0 Å². The second-order valence-electron chi connectivity index (χ2n) is 5.18. The normalized spacial score (nSPS) is 16.9. The number of rotatable bonds is 4. The third-order valence-electron chi connectivity index (χ3n) is 3.92. The summed E-state index contributed by atoms with van der Waals surface area (Å²) in [6.45, 7) is 1.82. The van der Waals surface area contributed by atoms with Gasteiger partial charge in [0.25, 0.3) is 0 Å². The first-order chi connectivity index (χ1) is 9.56. The molecule has 7 heteroatoms. The van der Waals surface area contributed by atoms with Gasteiger partial charge in [-0.25, -0.2) is 14.8 Å². The summed E-state index contributed by atoms with van der Waals surface area (Å²) in [4.78, 5) is 20.5. The number of carboxylic acid groups (broad SMARTS) is 1. The molecule has 1 aliphatic rings. The van der Waals surface area contributed by atoms with Crippen molar-refractivity contribution in [3.63, 3.8) is 0 Å².